The van der Waals surface area contributed by atoms with E-state index in [1.165, 1.54) is 30.4 Å². The molecule has 1 N–H and O–H groups in total. The van der Waals surface area contributed by atoms with Crippen molar-refractivity contribution in [1.82, 2.24) is 5.32 Å². The van der Waals surface area contributed by atoms with Gasteiger partial charge in [0.25, 0.3) is 0 Å². The van der Waals surface area contributed by atoms with Crippen LogP contribution in [0.2, 0.25) is 0 Å². The summed E-state index contributed by atoms with van der Waals surface area (Å²) in [4.78, 5) is 0. The molecule has 1 saturated carbocycles. The summed E-state index contributed by atoms with van der Waals surface area (Å²) in [5.41, 5.74) is 4.61. The Bertz CT molecular complexity index is 631. The molecule has 2 aliphatic rings. The SMILES string of the molecule is c1ccc(COc2ccc3c(c2)CNCC32CCC2)cc1. The van der Waals surface area contributed by atoms with E-state index in [-0.39, 0.29) is 0 Å². The van der Waals surface area contributed by atoms with Gasteiger partial charge in [-0.25, -0.2) is 0 Å². The first kappa shape index (κ1) is 12.9. The Balaban J connectivity index is 1.53. The highest BCUT2D eigenvalue weighted by Crippen LogP contribution is 2.46. The number of rotatable bonds is 3. The van der Waals surface area contributed by atoms with Crippen LogP contribution in [-0.4, -0.2) is 6.54 Å². The van der Waals surface area contributed by atoms with E-state index >= 15 is 0 Å². The summed E-state index contributed by atoms with van der Waals surface area (Å²) in [5.74, 6) is 0.982. The molecule has 108 valence electrons. The molecule has 1 aliphatic carbocycles. The third-order valence-electron chi connectivity index (χ3n) is 4.99. The van der Waals surface area contributed by atoms with Crippen LogP contribution in [0.5, 0.6) is 5.75 Å². The van der Waals surface area contributed by atoms with Crippen LogP contribution in [0.1, 0.15) is 36.0 Å². The van der Waals surface area contributed by atoms with Crippen molar-refractivity contribution in [2.75, 3.05) is 6.54 Å². The van der Waals surface area contributed by atoms with E-state index in [9.17, 15) is 0 Å². The molecule has 0 radical (unpaired) electrons. The van der Waals surface area contributed by atoms with Crippen LogP contribution in [0.25, 0.3) is 0 Å². The van der Waals surface area contributed by atoms with Gasteiger partial charge in [-0.2, -0.15) is 0 Å². The van der Waals surface area contributed by atoms with Gasteiger partial charge in [0.1, 0.15) is 12.4 Å². The lowest BCUT2D eigenvalue weighted by atomic mass is 9.62. The van der Waals surface area contributed by atoms with Crippen molar-refractivity contribution < 1.29 is 4.74 Å². The van der Waals surface area contributed by atoms with Gasteiger partial charge in [0.2, 0.25) is 0 Å². The second-order valence-electron chi connectivity index (χ2n) is 6.33. The maximum Gasteiger partial charge on any atom is 0.120 e. The lowest BCUT2D eigenvalue weighted by Crippen LogP contribution is -2.47. The van der Waals surface area contributed by atoms with Crippen LogP contribution in [0.4, 0.5) is 0 Å². The third-order valence-corrected chi connectivity index (χ3v) is 4.99. The second kappa shape index (κ2) is 5.19. The summed E-state index contributed by atoms with van der Waals surface area (Å²) in [5, 5.41) is 3.58. The Kier molecular flexibility index (Phi) is 3.19. The molecular formula is C19H21NO. The first-order chi connectivity index (χ1) is 10.4. The Labute approximate surface area is 126 Å². The van der Waals surface area contributed by atoms with Gasteiger partial charge in [0.05, 0.1) is 0 Å². The number of fused-ring (bicyclic) bond motifs is 2. The van der Waals surface area contributed by atoms with E-state index in [0.717, 1.165) is 18.8 Å². The van der Waals surface area contributed by atoms with Crippen molar-refractivity contribution in [3.05, 3.63) is 65.2 Å². The monoisotopic (exact) mass is 279 g/mol. The Morgan fingerprint density at radius 2 is 1.90 bits per heavy atom. The smallest absolute Gasteiger partial charge is 0.120 e. The number of ether oxygens (including phenoxy) is 1. The quantitative estimate of drug-likeness (QED) is 0.923. The van der Waals surface area contributed by atoms with Crippen molar-refractivity contribution >= 4 is 0 Å². The summed E-state index contributed by atoms with van der Waals surface area (Å²) >= 11 is 0. The third kappa shape index (κ3) is 2.34. The molecule has 1 aliphatic heterocycles. The average molecular weight is 279 g/mol. The predicted molar refractivity (Wildman–Crippen MR) is 84.5 cm³/mol. The standard InChI is InChI=1S/C19H21NO/c1-2-5-15(6-3-1)13-21-17-7-8-18-16(11-17)12-20-14-19(18)9-4-10-19/h1-3,5-8,11,20H,4,9-10,12-14H2. The normalized spacial score (nSPS) is 18.9. The summed E-state index contributed by atoms with van der Waals surface area (Å²) in [7, 11) is 0. The van der Waals surface area contributed by atoms with Crippen LogP contribution < -0.4 is 10.1 Å². The van der Waals surface area contributed by atoms with Gasteiger partial charge < -0.3 is 10.1 Å². The zero-order valence-electron chi connectivity index (χ0n) is 12.3. The molecule has 1 heterocycles. The zero-order valence-corrected chi connectivity index (χ0v) is 12.3. The molecule has 0 aromatic heterocycles. The molecule has 1 fully saturated rings. The molecule has 2 nitrogen and oxygen atoms in total. The summed E-state index contributed by atoms with van der Waals surface area (Å²) in [6.45, 7) is 2.75. The van der Waals surface area contributed by atoms with Gasteiger partial charge in [0.15, 0.2) is 0 Å². The molecule has 2 aromatic carbocycles. The van der Waals surface area contributed by atoms with Crippen molar-refractivity contribution in [3.8, 4) is 5.75 Å². The fourth-order valence-electron chi connectivity index (χ4n) is 3.65. The van der Waals surface area contributed by atoms with E-state index in [1.807, 2.05) is 6.07 Å². The van der Waals surface area contributed by atoms with Crippen molar-refractivity contribution in [2.24, 2.45) is 0 Å². The maximum atomic E-state index is 5.95. The fourth-order valence-corrected chi connectivity index (χ4v) is 3.65. The lowest BCUT2D eigenvalue weighted by molar-refractivity contribution is 0.218. The largest absolute Gasteiger partial charge is 0.489 e. The van der Waals surface area contributed by atoms with Gasteiger partial charge >= 0.3 is 0 Å². The molecule has 0 bridgehead atoms. The van der Waals surface area contributed by atoms with E-state index in [4.69, 9.17) is 4.74 Å². The first-order valence-electron chi connectivity index (χ1n) is 7.87. The minimum absolute atomic E-state index is 0.422. The molecule has 21 heavy (non-hydrogen) atoms. The number of benzene rings is 2. The van der Waals surface area contributed by atoms with Crippen molar-refractivity contribution in [3.63, 3.8) is 0 Å². The summed E-state index contributed by atoms with van der Waals surface area (Å²) in [6, 6.07) is 17.0. The van der Waals surface area contributed by atoms with Crippen molar-refractivity contribution in [1.29, 1.82) is 0 Å². The van der Waals surface area contributed by atoms with E-state index in [0.29, 0.717) is 12.0 Å². The number of hydrogen-bond donors (Lipinski definition) is 1. The molecule has 0 amide bonds. The Morgan fingerprint density at radius 1 is 1.05 bits per heavy atom. The number of nitrogens with one attached hydrogen (secondary N) is 1. The minimum Gasteiger partial charge on any atom is -0.489 e. The van der Waals surface area contributed by atoms with Crippen LogP contribution >= 0.6 is 0 Å². The summed E-state index contributed by atoms with van der Waals surface area (Å²) < 4.78 is 5.95. The van der Waals surface area contributed by atoms with Gasteiger partial charge in [0, 0.05) is 18.5 Å². The molecular weight excluding hydrogens is 258 g/mol. The molecule has 0 saturated heterocycles. The second-order valence-corrected chi connectivity index (χ2v) is 6.33. The minimum atomic E-state index is 0.422. The predicted octanol–water partition coefficient (Wildman–Crippen LogP) is 3.79. The molecule has 0 atom stereocenters. The fraction of sp³-hybridized carbons (Fsp3) is 0.368. The van der Waals surface area contributed by atoms with Crippen LogP contribution in [0, 0.1) is 0 Å². The molecule has 1 spiro atoms. The number of hydrogen-bond acceptors (Lipinski definition) is 2. The van der Waals surface area contributed by atoms with Crippen molar-refractivity contribution in [2.45, 2.75) is 37.8 Å². The Hall–Kier alpha value is -1.80. The molecule has 4 rings (SSSR count). The first-order valence-corrected chi connectivity index (χ1v) is 7.87. The molecule has 0 unspecified atom stereocenters. The van der Waals surface area contributed by atoms with Crippen LogP contribution in [0.3, 0.4) is 0 Å². The average Bonchev–Trinajstić information content (AvgIpc) is 2.51. The highest BCUT2D eigenvalue weighted by atomic mass is 16.5. The summed E-state index contributed by atoms with van der Waals surface area (Å²) in [6.07, 6.45) is 4.03. The zero-order chi connectivity index (χ0) is 14.1. The van der Waals surface area contributed by atoms with E-state index in [2.05, 4.69) is 47.8 Å². The lowest BCUT2D eigenvalue weighted by Gasteiger charge is -2.46. The molecule has 2 aromatic rings. The van der Waals surface area contributed by atoms with Crippen LogP contribution in [0.15, 0.2) is 48.5 Å². The van der Waals surface area contributed by atoms with Gasteiger partial charge in [-0.05, 0) is 41.7 Å². The maximum absolute atomic E-state index is 5.95. The van der Waals surface area contributed by atoms with Crippen LogP contribution in [-0.2, 0) is 18.6 Å². The van der Waals surface area contributed by atoms with Gasteiger partial charge in [-0.15, -0.1) is 0 Å². The topological polar surface area (TPSA) is 21.3 Å². The van der Waals surface area contributed by atoms with E-state index < -0.39 is 0 Å². The highest BCUT2D eigenvalue weighted by Gasteiger charge is 2.41. The van der Waals surface area contributed by atoms with Gasteiger partial charge in [-0.1, -0.05) is 42.8 Å². The van der Waals surface area contributed by atoms with E-state index in [1.54, 1.807) is 5.56 Å². The Morgan fingerprint density at radius 3 is 2.67 bits per heavy atom. The highest BCUT2D eigenvalue weighted by molar-refractivity contribution is 5.43. The molecule has 2 heteroatoms. The van der Waals surface area contributed by atoms with Gasteiger partial charge in [-0.3, -0.25) is 0 Å².